The third-order valence-electron chi connectivity index (χ3n) is 4.23. The number of rotatable bonds is 5. The maximum atomic E-state index is 12.2. The number of anilines is 1. The van der Waals surface area contributed by atoms with E-state index in [9.17, 15) is 14.4 Å². The molecule has 1 aromatic carbocycles. The topological polar surface area (TPSA) is 102 Å². The van der Waals surface area contributed by atoms with Gasteiger partial charge in [0.15, 0.2) is 12.2 Å². The van der Waals surface area contributed by atoms with Gasteiger partial charge in [0.25, 0.3) is 5.91 Å². The number of epoxide rings is 1. The first-order valence-corrected chi connectivity index (χ1v) is 8.28. The lowest BCUT2D eigenvalue weighted by Crippen LogP contribution is -2.51. The predicted octanol–water partition coefficient (Wildman–Crippen LogP) is -0.0432. The molecule has 2 atom stereocenters. The van der Waals surface area contributed by atoms with Gasteiger partial charge in [-0.05, 0) is 12.1 Å². The minimum atomic E-state index is -1.18. The smallest absolute Gasteiger partial charge is 0.336 e. The molecule has 1 aromatic rings. The van der Waals surface area contributed by atoms with Crippen molar-refractivity contribution in [3.8, 4) is 0 Å². The van der Waals surface area contributed by atoms with Gasteiger partial charge in [-0.25, -0.2) is 4.79 Å². The summed E-state index contributed by atoms with van der Waals surface area (Å²) in [5.74, 6) is -1.96. The maximum Gasteiger partial charge on any atom is 0.336 e. The zero-order chi connectivity index (χ0) is 18.0. The fourth-order valence-corrected chi connectivity index (χ4v) is 3.03. The average Bonchev–Trinajstić information content (AvgIpc) is 3.41. The maximum absolute atomic E-state index is 12.2. The Morgan fingerprint density at radius 2 is 1.84 bits per heavy atom. The normalized spacial score (nSPS) is 22.4. The Bertz CT molecular complexity index is 690. The largest absolute Gasteiger partial charge is 0.479 e. The Labute approximate surface area is 149 Å². The summed E-state index contributed by atoms with van der Waals surface area (Å²) < 4.78 is 4.74. The average molecular weight is 368 g/mol. The van der Waals surface area contributed by atoms with E-state index < -0.39 is 24.1 Å². The number of hydrogen-bond donors (Lipinski definition) is 2. The highest BCUT2D eigenvalue weighted by molar-refractivity contribution is 6.33. The number of ether oxygens (including phenoxy) is 1. The van der Waals surface area contributed by atoms with E-state index in [4.69, 9.17) is 21.4 Å². The Kier molecular flexibility index (Phi) is 5.10. The number of hydrogen-bond acceptors (Lipinski definition) is 5. The molecule has 0 aromatic heterocycles. The molecule has 2 fully saturated rings. The van der Waals surface area contributed by atoms with E-state index in [1.54, 1.807) is 4.90 Å². The molecule has 2 aliphatic rings. The molecule has 0 saturated carbocycles. The Balaban J connectivity index is 1.44. The highest BCUT2D eigenvalue weighted by Gasteiger charge is 2.50. The van der Waals surface area contributed by atoms with Crippen LogP contribution in [0.2, 0.25) is 5.02 Å². The van der Waals surface area contributed by atoms with Crippen LogP contribution in [0.4, 0.5) is 5.69 Å². The van der Waals surface area contributed by atoms with E-state index in [-0.39, 0.29) is 12.5 Å². The van der Waals surface area contributed by atoms with Crippen LogP contribution in [0, 0.1) is 0 Å². The third-order valence-corrected chi connectivity index (χ3v) is 4.55. The molecule has 2 N–H and O–H groups in total. The molecule has 25 heavy (non-hydrogen) atoms. The van der Waals surface area contributed by atoms with Crippen molar-refractivity contribution in [1.82, 2.24) is 10.2 Å². The number of nitrogens with zero attached hydrogens (tertiary/aromatic N) is 2. The lowest BCUT2D eigenvalue weighted by Gasteiger charge is -2.36. The van der Waals surface area contributed by atoms with Crippen molar-refractivity contribution in [1.29, 1.82) is 0 Å². The summed E-state index contributed by atoms with van der Waals surface area (Å²) in [5, 5.41) is 11.8. The van der Waals surface area contributed by atoms with Gasteiger partial charge >= 0.3 is 5.97 Å². The summed E-state index contributed by atoms with van der Waals surface area (Å²) in [6.45, 7) is 2.18. The van der Waals surface area contributed by atoms with E-state index in [0.29, 0.717) is 31.2 Å². The summed E-state index contributed by atoms with van der Waals surface area (Å²) >= 11 is 6.19. The monoisotopic (exact) mass is 367 g/mol. The third kappa shape index (κ3) is 4.02. The highest BCUT2D eigenvalue weighted by Crippen LogP contribution is 2.26. The van der Waals surface area contributed by atoms with Crippen molar-refractivity contribution in [3.05, 3.63) is 29.3 Å². The van der Waals surface area contributed by atoms with Crippen LogP contribution in [0.15, 0.2) is 24.3 Å². The first-order chi connectivity index (χ1) is 12.0. The van der Waals surface area contributed by atoms with Gasteiger partial charge in [-0.3, -0.25) is 9.59 Å². The Morgan fingerprint density at radius 1 is 1.16 bits per heavy atom. The number of aliphatic carboxylic acids is 1. The van der Waals surface area contributed by atoms with Crippen molar-refractivity contribution in [2.45, 2.75) is 12.2 Å². The SMILES string of the molecule is O=C(O)[C@H]1O[C@@H]1C(=O)NCC(=O)N1CCN(c2ccccc2Cl)CC1. The molecule has 8 nitrogen and oxygen atoms in total. The zero-order valence-electron chi connectivity index (χ0n) is 13.4. The lowest BCUT2D eigenvalue weighted by atomic mass is 10.2. The van der Waals surface area contributed by atoms with Crippen molar-refractivity contribution in [2.24, 2.45) is 0 Å². The zero-order valence-corrected chi connectivity index (χ0v) is 14.1. The number of piperazine rings is 1. The summed E-state index contributed by atoms with van der Waals surface area (Å²) in [4.78, 5) is 38.3. The minimum Gasteiger partial charge on any atom is -0.479 e. The molecule has 0 spiro atoms. The van der Waals surface area contributed by atoms with Gasteiger partial charge in [0.1, 0.15) is 0 Å². The fourth-order valence-electron chi connectivity index (χ4n) is 2.78. The van der Waals surface area contributed by atoms with E-state index >= 15 is 0 Å². The number of amides is 2. The molecular weight excluding hydrogens is 350 g/mol. The molecule has 0 unspecified atom stereocenters. The van der Waals surface area contributed by atoms with Gasteiger partial charge in [-0.1, -0.05) is 23.7 Å². The second kappa shape index (κ2) is 7.28. The van der Waals surface area contributed by atoms with Crippen LogP contribution in [-0.4, -0.2) is 72.7 Å². The second-order valence-corrected chi connectivity index (χ2v) is 6.26. The van der Waals surface area contributed by atoms with E-state index in [1.165, 1.54) is 0 Å². The molecule has 2 saturated heterocycles. The lowest BCUT2D eigenvalue weighted by molar-refractivity contribution is -0.138. The Morgan fingerprint density at radius 3 is 2.44 bits per heavy atom. The molecule has 0 radical (unpaired) electrons. The van der Waals surface area contributed by atoms with Crippen molar-refractivity contribution >= 4 is 35.1 Å². The number of para-hydroxylation sites is 1. The second-order valence-electron chi connectivity index (χ2n) is 5.85. The molecule has 0 aliphatic carbocycles. The van der Waals surface area contributed by atoms with Crippen LogP contribution < -0.4 is 10.2 Å². The van der Waals surface area contributed by atoms with Crippen molar-refractivity contribution in [2.75, 3.05) is 37.6 Å². The van der Waals surface area contributed by atoms with Crippen LogP contribution in [0.25, 0.3) is 0 Å². The van der Waals surface area contributed by atoms with Gasteiger partial charge in [0, 0.05) is 26.2 Å². The van der Waals surface area contributed by atoms with Crippen molar-refractivity contribution in [3.63, 3.8) is 0 Å². The number of nitrogens with one attached hydrogen (secondary N) is 1. The fraction of sp³-hybridized carbons (Fsp3) is 0.438. The van der Waals surface area contributed by atoms with E-state index in [2.05, 4.69) is 10.2 Å². The molecule has 2 aliphatic heterocycles. The van der Waals surface area contributed by atoms with Gasteiger partial charge in [-0.2, -0.15) is 0 Å². The van der Waals surface area contributed by atoms with Gasteiger partial charge in [-0.15, -0.1) is 0 Å². The van der Waals surface area contributed by atoms with Crippen LogP contribution in [0.1, 0.15) is 0 Å². The highest BCUT2D eigenvalue weighted by atomic mass is 35.5. The minimum absolute atomic E-state index is 0.170. The summed E-state index contributed by atoms with van der Waals surface area (Å²) in [5.41, 5.74) is 0.940. The molecule has 3 rings (SSSR count). The number of carbonyl (C=O) groups excluding carboxylic acids is 2. The standard InChI is InChI=1S/C16H18ClN3O5/c17-10-3-1-2-4-11(10)19-5-7-20(8-6-19)12(21)9-18-15(22)13-14(25-13)16(23)24/h1-4,13-14H,5-9H2,(H,18,22)(H,23,24)/t13-,14-/m0/s1. The molecule has 0 bridgehead atoms. The molecule has 2 heterocycles. The molecular formula is C16H18ClN3O5. The van der Waals surface area contributed by atoms with Crippen LogP contribution in [0.3, 0.4) is 0 Å². The molecule has 2 amide bonds. The van der Waals surface area contributed by atoms with Crippen LogP contribution >= 0.6 is 11.6 Å². The number of carboxylic acid groups (broad SMARTS) is 1. The van der Waals surface area contributed by atoms with Crippen LogP contribution in [-0.2, 0) is 19.1 Å². The Hall–Kier alpha value is -2.32. The summed E-state index contributed by atoms with van der Waals surface area (Å²) in [6.07, 6.45) is -2.10. The van der Waals surface area contributed by atoms with Gasteiger partial charge in [0.2, 0.25) is 5.91 Å². The number of benzene rings is 1. The molecule has 9 heteroatoms. The number of halogens is 1. The van der Waals surface area contributed by atoms with Gasteiger partial charge < -0.3 is 25.0 Å². The molecule has 134 valence electrons. The van der Waals surface area contributed by atoms with Crippen molar-refractivity contribution < 1.29 is 24.2 Å². The van der Waals surface area contributed by atoms with Crippen LogP contribution in [0.5, 0.6) is 0 Å². The summed E-state index contributed by atoms with van der Waals surface area (Å²) in [6, 6.07) is 7.55. The van der Waals surface area contributed by atoms with Gasteiger partial charge in [0.05, 0.1) is 17.3 Å². The van der Waals surface area contributed by atoms with E-state index in [1.807, 2.05) is 24.3 Å². The summed E-state index contributed by atoms with van der Waals surface area (Å²) in [7, 11) is 0. The first-order valence-electron chi connectivity index (χ1n) is 7.90. The first kappa shape index (κ1) is 17.5. The number of carboxylic acids is 1. The quantitative estimate of drug-likeness (QED) is 0.708. The number of carbonyl (C=O) groups is 3. The van der Waals surface area contributed by atoms with E-state index in [0.717, 1.165) is 5.69 Å². The predicted molar refractivity (Wildman–Crippen MR) is 89.6 cm³/mol.